The van der Waals surface area contributed by atoms with Gasteiger partial charge in [0.25, 0.3) is 0 Å². The topological polar surface area (TPSA) is 189 Å². The lowest BCUT2D eigenvalue weighted by Crippen LogP contribution is -2.43. The molecule has 0 atom stereocenters. The number of aliphatic hydroxyl groups is 1. The number of ketones is 2. The lowest BCUT2D eigenvalue weighted by molar-refractivity contribution is 0.0306. The molecule has 0 aliphatic carbocycles. The number of rotatable bonds is 15. The molecule has 0 saturated carbocycles. The van der Waals surface area contributed by atoms with E-state index in [0.717, 1.165) is 52.2 Å². The zero-order valence-corrected chi connectivity index (χ0v) is 43.3. The molecular weight excluding hydrogens is 1070 g/mol. The minimum Gasteiger partial charge on any atom is -0.455 e. The molecule has 2 aliphatic rings. The summed E-state index contributed by atoms with van der Waals surface area (Å²) in [5.74, 6) is -0.364. The van der Waals surface area contributed by atoms with E-state index in [1.807, 2.05) is 0 Å². The summed E-state index contributed by atoms with van der Waals surface area (Å²) in [5, 5.41) is 9.67. The Morgan fingerprint density at radius 2 is 1.12 bits per heavy atom. The molecule has 372 valence electrons. The highest BCUT2D eigenvalue weighted by molar-refractivity contribution is 9.11. The lowest BCUT2D eigenvalue weighted by atomic mass is 10.0. The largest absolute Gasteiger partial charge is 0.455 e. The fourth-order valence-electron chi connectivity index (χ4n) is 7.70. The smallest absolute Gasteiger partial charge is 0.232 e. The maximum atomic E-state index is 13.5. The molecule has 4 heterocycles. The van der Waals surface area contributed by atoms with E-state index < -0.39 is 31.7 Å². The maximum Gasteiger partial charge on any atom is 0.232 e. The molecule has 0 unspecified atom stereocenters. The maximum absolute atomic E-state index is 13.5. The van der Waals surface area contributed by atoms with Crippen LogP contribution in [0.3, 0.4) is 0 Å². The van der Waals surface area contributed by atoms with Crippen molar-refractivity contribution in [2.75, 3.05) is 100 Å². The van der Waals surface area contributed by atoms with Gasteiger partial charge >= 0.3 is 0 Å². The van der Waals surface area contributed by atoms with E-state index in [2.05, 4.69) is 46.4 Å². The number of aliphatic hydroxyl groups excluding tert-OH is 1. The molecule has 0 amide bonds. The van der Waals surface area contributed by atoms with E-state index in [4.69, 9.17) is 23.4 Å². The second-order valence-electron chi connectivity index (χ2n) is 16.1. The van der Waals surface area contributed by atoms with Crippen LogP contribution in [-0.4, -0.2) is 135 Å². The third-order valence-corrected chi connectivity index (χ3v) is 14.2. The van der Waals surface area contributed by atoms with Gasteiger partial charge in [-0.25, -0.2) is 25.6 Å². The minimum absolute atomic E-state index is 0.120. The number of sulfonamides is 2. The molecule has 6 aromatic rings. The van der Waals surface area contributed by atoms with Gasteiger partial charge in [0, 0.05) is 102 Å². The summed E-state index contributed by atoms with van der Waals surface area (Å²) in [6, 6.07) is 17.9. The molecule has 4 aromatic carbocycles. The van der Waals surface area contributed by atoms with Crippen LogP contribution in [-0.2, 0) is 29.5 Å². The number of nitrogens with one attached hydrogen (secondary N) is 1. The summed E-state index contributed by atoms with van der Waals surface area (Å²) in [6.07, 6.45) is 2.74. The van der Waals surface area contributed by atoms with Crippen LogP contribution in [0, 0.1) is 11.6 Å². The number of β-amino-alcohol motifs (C(OH)–C–C–N with tert-alkyl or cyclic N) is 1. The molecule has 2 N–H and O–H groups in total. The highest BCUT2D eigenvalue weighted by atomic mass is 79.9. The van der Waals surface area contributed by atoms with Crippen molar-refractivity contribution >= 4 is 96.8 Å². The van der Waals surface area contributed by atoms with Gasteiger partial charge in [-0.15, -0.1) is 0 Å². The molecule has 0 radical (unpaired) electrons. The zero-order chi connectivity index (χ0) is 50.0. The van der Waals surface area contributed by atoms with Gasteiger partial charge in [-0.3, -0.25) is 28.4 Å². The first-order chi connectivity index (χ1) is 32.8. The van der Waals surface area contributed by atoms with Gasteiger partial charge in [0.2, 0.25) is 20.0 Å². The van der Waals surface area contributed by atoms with Crippen molar-refractivity contribution in [1.29, 1.82) is 0 Å². The summed E-state index contributed by atoms with van der Waals surface area (Å²) < 4.78 is 102. The van der Waals surface area contributed by atoms with Crippen LogP contribution in [0.2, 0.25) is 0 Å². The van der Waals surface area contributed by atoms with Crippen LogP contribution in [0.25, 0.3) is 44.6 Å². The monoisotopic (exact) mass is 1120 g/mol. The quantitative estimate of drug-likeness (QED) is 0.0929. The van der Waals surface area contributed by atoms with Crippen molar-refractivity contribution in [3.05, 3.63) is 105 Å². The third kappa shape index (κ3) is 14.1. The van der Waals surface area contributed by atoms with Crippen LogP contribution in [0.1, 0.15) is 47.4 Å². The number of fused-ring (bicyclic) bond motifs is 2. The van der Waals surface area contributed by atoms with Crippen LogP contribution < -0.4 is 9.03 Å². The standard InChI is InChI=1S/C24H26BrFN2O5S.C18H15BrFNO4S.C6H13NO2/c1-3-21(29)23-18-14-19(25)20(15-22(18)33-24(23)16-4-6-17(26)7-5-16)28(34(2,30)31)9-8-27-10-12-32-13-11-27;1-3-15(22)17-12-8-13(19)14(21-26(2,23)24)9-16(12)25-18(17)10-4-6-11(20)7-5-10;8-4-1-7-2-5-9-6-3-7/h4-7,14-15H,3,8-13H2,1-2H3;4-9,21H,3H2,1-2H3;8H,1-6H2. The molecule has 0 spiro atoms. The SMILES string of the molecule is CCC(=O)c1c(-c2ccc(F)cc2)oc2cc(N(CCN3CCOCC3)S(C)(=O)=O)c(Br)cc12.CCC(=O)c1c(-c2ccc(F)cc2)oc2cc(NS(C)(=O)=O)c(Br)cc12.OCCN1CCOCC1. The molecule has 15 nitrogen and oxygen atoms in total. The molecule has 2 fully saturated rings. The number of furan rings is 2. The van der Waals surface area contributed by atoms with E-state index in [9.17, 15) is 35.2 Å². The van der Waals surface area contributed by atoms with Crippen LogP contribution in [0.15, 0.2) is 90.6 Å². The fraction of sp³-hybridized carbons (Fsp3) is 0.375. The zero-order valence-electron chi connectivity index (χ0n) is 38.5. The Bertz CT molecular complexity index is 2970. The molecular formula is C48H54Br2F2N4O11S2. The number of morpholine rings is 2. The second kappa shape index (κ2) is 24.0. The number of Topliss-reactive ketones (excluding diaryl/α,β-unsaturated/α-hetero) is 2. The van der Waals surface area contributed by atoms with Crippen molar-refractivity contribution < 1.29 is 58.6 Å². The summed E-state index contributed by atoms with van der Waals surface area (Å²) in [5.41, 5.74) is 3.39. The van der Waals surface area contributed by atoms with Gasteiger partial charge < -0.3 is 23.4 Å². The molecule has 21 heteroatoms. The average Bonchev–Trinajstić information content (AvgIpc) is 3.87. The predicted octanol–water partition coefficient (Wildman–Crippen LogP) is 8.97. The Morgan fingerprint density at radius 1 is 0.681 bits per heavy atom. The third-order valence-electron chi connectivity index (χ3n) is 11.2. The number of nitrogens with zero attached hydrogens (tertiary/aromatic N) is 3. The number of ether oxygens (including phenoxy) is 2. The Morgan fingerprint density at radius 3 is 1.54 bits per heavy atom. The van der Waals surface area contributed by atoms with E-state index in [1.54, 1.807) is 44.2 Å². The number of benzene rings is 4. The van der Waals surface area contributed by atoms with E-state index in [-0.39, 0.29) is 37.6 Å². The summed E-state index contributed by atoms with van der Waals surface area (Å²) in [6.45, 7) is 11.7. The van der Waals surface area contributed by atoms with Gasteiger partial charge in [-0.1, -0.05) is 13.8 Å². The molecule has 2 aromatic heterocycles. The van der Waals surface area contributed by atoms with Crippen molar-refractivity contribution in [3.63, 3.8) is 0 Å². The van der Waals surface area contributed by atoms with Gasteiger partial charge in [-0.05, 0) is 92.5 Å². The number of carbonyl (C=O) groups is 2. The molecule has 8 rings (SSSR count). The van der Waals surface area contributed by atoms with Crippen molar-refractivity contribution in [3.8, 4) is 22.6 Å². The van der Waals surface area contributed by atoms with Gasteiger partial charge in [-0.2, -0.15) is 0 Å². The highest BCUT2D eigenvalue weighted by Gasteiger charge is 2.27. The summed E-state index contributed by atoms with van der Waals surface area (Å²) in [7, 11) is -7.08. The van der Waals surface area contributed by atoms with Crippen LogP contribution in [0.4, 0.5) is 20.2 Å². The molecule has 2 saturated heterocycles. The Kier molecular flexibility index (Phi) is 18.7. The van der Waals surface area contributed by atoms with Crippen molar-refractivity contribution in [2.45, 2.75) is 26.7 Å². The van der Waals surface area contributed by atoms with Gasteiger partial charge in [0.05, 0.1) is 68.0 Å². The van der Waals surface area contributed by atoms with E-state index >= 15 is 0 Å². The minimum atomic E-state index is -3.60. The average molecular weight is 1120 g/mol. The Hall–Kier alpha value is -4.58. The second-order valence-corrected chi connectivity index (χ2v) is 21.5. The molecule has 0 bridgehead atoms. The fourth-order valence-corrected chi connectivity index (χ4v) is 10.4. The number of halogens is 4. The van der Waals surface area contributed by atoms with E-state index in [0.29, 0.717) is 95.8 Å². The Balaban J connectivity index is 0.000000196. The highest BCUT2D eigenvalue weighted by Crippen LogP contribution is 2.41. The summed E-state index contributed by atoms with van der Waals surface area (Å²) in [4.78, 5) is 29.7. The van der Waals surface area contributed by atoms with Crippen LogP contribution in [0.5, 0.6) is 0 Å². The predicted molar refractivity (Wildman–Crippen MR) is 270 cm³/mol. The lowest BCUT2D eigenvalue weighted by Gasteiger charge is -2.30. The number of carbonyl (C=O) groups excluding carboxylic acids is 2. The molecule has 69 heavy (non-hydrogen) atoms. The normalized spacial score (nSPS) is 14.7. The van der Waals surface area contributed by atoms with Gasteiger partial charge in [0.1, 0.15) is 34.3 Å². The van der Waals surface area contributed by atoms with Crippen LogP contribution >= 0.6 is 31.9 Å². The first kappa shape index (κ1) is 53.8. The first-order valence-electron chi connectivity index (χ1n) is 22.1. The summed E-state index contributed by atoms with van der Waals surface area (Å²) >= 11 is 6.84. The Labute approximate surface area is 417 Å². The van der Waals surface area contributed by atoms with E-state index in [1.165, 1.54) is 53.0 Å². The van der Waals surface area contributed by atoms with Crippen molar-refractivity contribution in [2.24, 2.45) is 0 Å². The van der Waals surface area contributed by atoms with Crippen molar-refractivity contribution in [1.82, 2.24) is 9.80 Å². The number of anilines is 2. The first-order valence-corrected chi connectivity index (χ1v) is 27.4. The number of hydrogen-bond acceptors (Lipinski definition) is 13. The molecule has 2 aliphatic heterocycles. The van der Waals surface area contributed by atoms with Gasteiger partial charge in [0.15, 0.2) is 11.6 Å². The number of hydrogen-bond donors (Lipinski definition) is 2.